The van der Waals surface area contributed by atoms with Crippen LogP contribution >= 0.6 is 0 Å². The zero-order valence-corrected chi connectivity index (χ0v) is 11.0. The molecule has 1 fully saturated rings. The molecule has 1 aliphatic rings. The molecule has 0 unspecified atom stereocenters. The van der Waals surface area contributed by atoms with Gasteiger partial charge in [-0.3, -0.25) is 4.79 Å². The number of aryl methyl sites for hydroxylation is 1. The van der Waals surface area contributed by atoms with Gasteiger partial charge in [-0.05, 0) is 30.4 Å². The molecule has 0 radical (unpaired) electrons. The lowest BCUT2D eigenvalue weighted by atomic mass is 9.68. The van der Waals surface area contributed by atoms with Gasteiger partial charge in [0.2, 0.25) is 5.91 Å². The summed E-state index contributed by atoms with van der Waals surface area (Å²) >= 11 is 0. The van der Waals surface area contributed by atoms with Crippen molar-refractivity contribution in [1.29, 1.82) is 0 Å². The number of hydrogen-bond donors (Lipinski definition) is 2. The zero-order chi connectivity index (χ0) is 13.0. The topological polar surface area (TPSA) is 55.1 Å². The molecule has 1 aliphatic carbocycles. The Hall–Kier alpha value is -1.35. The number of carbonyl (C=O) groups is 1. The van der Waals surface area contributed by atoms with E-state index >= 15 is 0 Å². The molecule has 3 nitrogen and oxygen atoms in total. The minimum absolute atomic E-state index is 0.127. The van der Waals surface area contributed by atoms with E-state index in [1.807, 2.05) is 12.1 Å². The van der Waals surface area contributed by atoms with E-state index in [1.165, 1.54) is 11.1 Å². The van der Waals surface area contributed by atoms with E-state index in [4.69, 9.17) is 5.73 Å². The van der Waals surface area contributed by atoms with Crippen LogP contribution < -0.4 is 11.1 Å². The highest BCUT2D eigenvalue weighted by atomic mass is 16.2. The van der Waals surface area contributed by atoms with Gasteiger partial charge in [-0.15, -0.1) is 0 Å². The summed E-state index contributed by atoms with van der Waals surface area (Å²) in [5.74, 6) is 0.127. The average molecular weight is 246 g/mol. The molecule has 2 rings (SSSR count). The molecule has 1 aromatic rings. The molecule has 1 aromatic carbocycles. The van der Waals surface area contributed by atoms with Gasteiger partial charge in [-0.1, -0.05) is 37.6 Å². The number of nitrogens with one attached hydrogen (secondary N) is 1. The fourth-order valence-corrected chi connectivity index (χ4v) is 2.57. The van der Waals surface area contributed by atoms with Crippen molar-refractivity contribution in [3.8, 4) is 0 Å². The fourth-order valence-electron chi connectivity index (χ4n) is 2.57. The van der Waals surface area contributed by atoms with Crippen LogP contribution in [-0.2, 0) is 17.8 Å². The highest BCUT2D eigenvalue weighted by molar-refractivity contribution is 5.83. The van der Waals surface area contributed by atoms with E-state index in [0.717, 1.165) is 25.7 Å². The van der Waals surface area contributed by atoms with Crippen LogP contribution in [0.4, 0.5) is 0 Å². The molecular weight excluding hydrogens is 224 g/mol. The summed E-state index contributed by atoms with van der Waals surface area (Å²) in [4.78, 5) is 12.2. The SMILES string of the molecule is CCc1ccccc1CNC(=O)C1(CN)CCC1. The van der Waals surface area contributed by atoms with Gasteiger partial charge in [0.15, 0.2) is 0 Å². The van der Waals surface area contributed by atoms with Crippen molar-refractivity contribution < 1.29 is 4.79 Å². The quantitative estimate of drug-likeness (QED) is 0.835. The summed E-state index contributed by atoms with van der Waals surface area (Å²) in [6.45, 7) is 3.22. The first kappa shape index (κ1) is 13.1. The zero-order valence-electron chi connectivity index (χ0n) is 11.0. The van der Waals surface area contributed by atoms with Crippen LogP contribution in [-0.4, -0.2) is 12.5 Å². The molecule has 0 aliphatic heterocycles. The monoisotopic (exact) mass is 246 g/mol. The van der Waals surface area contributed by atoms with Gasteiger partial charge in [0.25, 0.3) is 0 Å². The predicted molar refractivity (Wildman–Crippen MR) is 73.0 cm³/mol. The highest BCUT2D eigenvalue weighted by Crippen LogP contribution is 2.40. The van der Waals surface area contributed by atoms with Crippen LogP contribution in [0.3, 0.4) is 0 Å². The standard InChI is InChI=1S/C15H22N2O/c1-2-12-6-3-4-7-13(12)10-17-14(18)15(11-16)8-5-9-15/h3-4,6-7H,2,5,8-11,16H2,1H3,(H,17,18). The third kappa shape index (κ3) is 2.41. The van der Waals surface area contributed by atoms with Crippen molar-refractivity contribution >= 4 is 5.91 Å². The smallest absolute Gasteiger partial charge is 0.227 e. The Kier molecular flexibility index (Phi) is 4.02. The molecule has 1 saturated carbocycles. The summed E-state index contributed by atoms with van der Waals surface area (Å²) in [7, 11) is 0. The molecule has 18 heavy (non-hydrogen) atoms. The Balaban J connectivity index is 1.97. The van der Waals surface area contributed by atoms with Gasteiger partial charge in [-0.25, -0.2) is 0 Å². The molecule has 3 heteroatoms. The van der Waals surface area contributed by atoms with Crippen LogP contribution in [0.25, 0.3) is 0 Å². The van der Waals surface area contributed by atoms with Gasteiger partial charge in [-0.2, -0.15) is 0 Å². The van der Waals surface area contributed by atoms with Crippen LogP contribution in [0.1, 0.15) is 37.3 Å². The Morgan fingerprint density at radius 3 is 2.50 bits per heavy atom. The molecule has 0 aromatic heterocycles. The van der Waals surface area contributed by atoms with Crippen molar-refractivity contribution in [2.24, 2.45) is 11.1 Å². The van der Waals surface area contributed by atoms with Gasteiger partial charge in [0.1, 0.15) is 0 Å². The van der Waals surface area contributed by atoms with Gasteiger partial charge >= 0.3 is 0 Å². The number of amides is 1. The van der Waals surface area contributed by atoms with Crippen molar-refractivity contribution in [3.63, 3.8) is 0 Å². The summed E-state index contributed by atoms with van der Waals surface area (Å²) in [6, 6.07) is 8.25. The van der Waals surface area contributed by atoms with Crippen molar-refractivity contribution in [3.05, 3.63) is 35.4 Å². The minimum atomic E-state index is -0.277. The second-order valence-electron chi connectivity index (χ2n) is 5.14. The first-order valence-electron chi connectivity index (χ1n) is 6.77. The van der Waals surface area contributed by atoms with Crippen LogP contribution in [0.5, 0.6) is 0 Å². The Bertz CT molecular complexity index is 419. The highest BCUT2D eigenvalue weighted by Gasteiger charge is 2.42. The predicted octanol–water partition coefficient (Wildman–Crippen LogP) is 1.99. The molecule has 3 N–H and O–H groups in total. The van der Waals surface area contributed by atoms with E-state index < -0.39 is 0 Å². The normalized spacial score (nSPS) is 17.0. The van der Waals surface area contributed by atoms with E-state index in [1.54, 1.807) is 0 Å². The second-order valence-corrected chi connectivity index (χ2v) is 5.14. The molecule has 1 amide bonds. The lowest BCUT2D eigenvalue weighted by molar-refractivity contribution is -0.135. The third-order valence-electron chi connectivity index (χ3n) is 4.12. The van der Waals surface area contributed by atoms with Crippen molar-refractivity contribution in [2.45, 2.75) is 39.2 Å². The maximum atomic E-state index is 12.2. The first-order chi connectivity index (χ1) is 8.72. The van der Waals surface area contributed by atoms with Crippen LogP contribution in [0.2, 0.25) is 0 Å². The number of hydrogen-bond acceptors (Lipinski definition) is 2. The first-order valence-corrected chi connectivity index (χ1v) is 6.77. The van der Waals surface area contributed by atoms with Crippen LogP contribution in [0, 0.1) is 5.41 Å². The summed E-state index contributed by atoms with van der Waals surface area (Å²) in [5, 5.41) is 3.05. The lowest BCUT2D eigenvalue weighted by Gasteiger charge is -2.39. The molecular formula is C15H22N2O. The number of nitrogens with two attached hydrogens (primary N) is 1. The average Bonchev–Trinajstić information content (AvgIpc) is 2.36. The fraction of sp³-hybridized carbons (Fsp3) is 0.533. The van der Waals surface area contributed by atoms with E-state index in [0.29, 0.717) is 13.1 Å². The maximum Gasteiger partial charge on any atom is 0.227 e. The Labute approximate surface area is 109 Å². The molecule has 98 valence electrons. The largest absolute Gasteiger partial charge is 0.351 e. The molecule has 0 heterocycles. The third-order valence-corrected chi connectivity index (χ3v) is 4.12. The Morgan fingerprint density at radius 2 is 2.00 bits per heavy atom. The van der Waals surface area contributed by atoms with Gasteiger partial charge in [0.05, 0.1) is 5.41 Å². The van der Waals surface area contributed by atoms with E-state index in [-0.39, 0.29) is 11.3 Å². The number of benzene rings is 1. The minimum Gasteiger partial charge on any atom is -0.351 e. The lowest BCUT2D eigenvalue weighted by Crippen LogP contribution is -2.50. The summed E-state index contributed by atoms with van der Waals surface area (Å²) < 4.78 is 0. The van der Waals surface area contributed by atoms with Crippen molar-refractivity contribution in [2.75, 3.05) is 6.54 Å². The number of rotatable bonds is 5. The molecule has 0 bridgehead atoms. The van der Waals surface area contributed by atoms with E-state index in [2.05, 4.69) is 24.4 Å². The van der Waals surface area contributed by atoms with Gasteiger partial charge < -0.3 is 11.1 Å². The molecule has 0 atom stereocenters. The summed E-state index contributed by atoms with van der Waals surface area (Å²) in [6.07, 6.45) is 3.99. The molecule has 0 saturated heterocycles. The second kappa shape index (κ2) is 5.53. The van der Waals surface area contributed by atoms with Crippen molar-refractivity contribution in [1.82, 2.24) is 5.32 Å². The maximum absolute atomic E-state index is 12.2. The Morgan fingerprint density at radius 1 is 1.33 bits per heavy atom. The molecule has 0 spiro atoms. The number of carbonyl (C=O) groups excluding carboxylic acids is 1. The summed E-state index contributed by atoms with van der Waals surface area (Å²) in [5.41, 5.74) is 7.96. The van der Waals surface area contributed by atoms with E-state index in [9.17, 15) is 4.79 Å². The van der Waals surface area contributed by atoms with Crippen LogP contribution in [0.15, 0.2) is 24.3 Å². The van der Waals surface area contributed by atoms with Gasteiger partial charge in [0, 0.05) is 13.1 Å².